The molecule has 2 saturated heterocycles. The van der Waals surface area contributed by atoms with Crippen molar-refractivity contribution in [3.8, 4) is 0 Å². The molecule has 3 aromatic rings. The summed E-state index contributed by atoms with van der Waals surface area (Å²) in [4.78, 5) is 30.7. The van der Waals surface area contributed by atoms with E-state index in [1.165, 1.54) is 36.9 Å². The molecule has 3 fully saturated rings. The lowest BCUT2D eigenvalue weighted by atomic mass is 9.70. The number of piperidine rings is 2. The Hall–Kier alpha value is -3.45. The minimum Gasteiger partial charge on any atom is -0.329 e. The number of carbonyl (C=O) groups excluding carboxylic acids is 2. The van der Waals surface area contributed by atoms with Gasteiger partial charge >= 0.3 is 0 Å². The molecule has 3 aliphatic heterocycles. The predicted molar refractivity (Wildman–Crippen MR) is 157 cm³/mol. The van der Waals surface area contributed by atoms with Crippen LogP contribution >= 0.6 is 0 Å². The molecule has 1 saturated carbocycles. The van der Waals surface area contributed by atoms with Crippen molar-refractivity contribution in [2.45, 2.75) is 76.8 Å². The lowest BCUT2D eigenvalue weighted by Gasteiger charge is -2.46. The van der Waals surface area contributed by atoms with Crippen molar-refractivity contribution < 1.29 is 9.59 Å². The number of aromatic nitrogens is 2. The fraction of sp³-hybridized carbons (Fsp3) is 0.485. The van der Waals surface area contributed by atoms with Crippen LogP contribution in [0.3, 0.4) is 0 Å². The number of anilines is 1. The van der Waals surface area contributed by atoms with Crippen LogP contribution in [0, 0.1) is 5.41 Å². The first-order valence-corrected chi connectivity index (χ1v) is 14.9. The van der Waals surface area contributed by atoms with Crippen molar-refractivity contribution in [1.29, 1.82) is 0 Å². The second-order valence-corrected chi connectivity index (χ2v) is 13.2. The number of rotatable bonds is 6. The van der Waals surface area contributed by atoms with Crippen molar-refractivity contribution in [3.05, 3.63) is 71.7 Å². The van der Waals surface area contributed by atoms with Crippen LogP contribution < -0.4 is 10.2 Å². The zero-order valence-electron chi connectivity index (χ0n) is 23.7. The summed E-state index contributed by atoms with van der Waals surface area (Å²) in [6.07, 6.45) is 12.6. The van der Waals surface area contributed by atoms with Gasteiger partial charge in [-0.3, -0.25) is 19.2 Å². The quantitative estimate of drug-likeness (QED) is 0.458. The minimum atomic E-state index is -0.513. The highest BCUT2D eigenvalue weighted by Gasteiger charge is 2.40. The summed E-state index contributed by atoms with van der Waals surface area (Å²) in [5.74, 6) is -0.248. The molecule has 4 heterocycles. The molecule has 0 spiro atoms. The van der Waals surface area contributed by atoms with Crippen LogP contribution in [0.5, 0.6) is 0 Å². The predicted octanol–water partition coefficient (Wildman–Crippen LogP) is 5.38. The maximum absolute atomic E-state index is 13.5. The number of hydrogen-bond acceptors (Lipinski definition) is 4. The molecular weight excluding hydrogens is 498 g/mol. The Labute approximate surface area is 236 Å². The van der Waals surface area contributed by atoms with E-state index < -0.39 is 6.04 Å². The molecule has 1 unspecified atom stereocenters. The fourth-order valence-electron chi connectivity index (χ4n) is 7.41. The first-order chi connectivity index (χ1) is 19.2. The van der Waals surface area contributed by atoms with E-state index in [0.717, 1.165) is 48.8 Å². The number of amides is 2. The third-order valence-corrected chi connectivity index (χ3v) is 10.1. The highest BCUT2D eigenvalue weighted by atomic mass is 16.2. The summed E-state index contributed by atoms with van der Waals surface area (Å²) in [6, 6.07) is 9.56. The zero-order chi connectivity index (χ0) is 27.6. The monoisotopic (exact) mass is 537 g/mol. The summed E-state index contributed by atoms with van der Waals surface area (Å²) in [7, 11) is 0. The van der Waals surface area contributed by atoms with Gasteiger partial charge in [0.25, 0.3) is 5.91 Å². The third kappa shape index (κ3) is 4.17. The average molecular weight is 538 g/mol. The smallest absolute Gasteiger partial charge is 0.259 e. The lowest BCUT2D eigenvalue weighted by Crippen LogP contribution is -2.51. The molecule has 4 aliphatic rings. The molecule has 208 valence electrons. The van der Waals surface area contributed by atoms with E-state index in [4.69, 9.17) is 5.10 Å². The third-order valence-electron chi connectivity index (χ3n) is 10.1. The van der Waals surface area contributed by atoms with Crippen molar-refractivity contribution in [3.63, 3.8) is 0 Å². The van der Waals surface area contributed by atoms with E-state index in [1.807, 2.05) is 24.4 Å². The molecule has 2 aromatic carbocycles. The molecule has 0 radical (unpaired) electrons. The van der Waals surface area contributed by atoms with Crippen molar-refractivity contribution in [2.24, 2.45) is 5.41 Å². The summed E-state index contributed by atoms with van der Waals surface area (Å²) in [6.45, 7) is 12.2. The van der Waals surface area contributed by atoms with Crippen LogP contribution in [0.25, 0.3) is 10.8 Å². The molecule has 7 heteroatoms. The maximum atomic E-state index is 13.5. The van der Waals surface area contributed by atoms with E-state index in [9.17, 15) is 9.59 Å². The zero-order valence-corrected chi connectivity index (χ0v) is 23.7. The second kappa shape index (κ2) is 9.30. The Balaban J connectivity index is 1.11. The molecule has 1 aromatic heterocycles. The second-order valence-electron chi connectivity index (χ2n) is 13.2. The number of allylic oxidation sites excluding steroid dienone is 1. The van der Waals surface area contributed by atoms with Gasteiger partial charge in [0.1, 0.15) is 6.04 Å². The Morgan fingerprint density at radius 1 is 1.07 bits per heavy atom. The van der Waals surface area contributed by atoms with Crippen LogP contribution in [0.2, 0.25) is 0 Å². The van der Waals surface area contributed by atoms with Crippen molar-refractivity contribution >= 4 is 28.3 Å². The van der Waals surface area contributed by atoms with Gasteiger partial charge < -0.3 is 10.2 Å². The first-order valence-electron chi connectivity index (χ1n) is 14.9. The largest absolute Gasteiger partial charge is 0.329 e. The van der Waals surface area contributed by atoms with Crippen LogP contribution in [-0.4, -0.2) is 52.2 Å². The summed E-state index contributed by atoms with van der Waals surface area (Å²) in [5, 5.41) is 9.71. The number of nitrogens with zero attached hydrogens (tertiary/aromatic N) is 4. The van der Waals surface area contributed by atoms with Gasteiger partial charge in [0.2, 0.25) is 5.91 Å². The summed E-state index contributed by atoms with van der Waals surface area (Å²) in [5.41, 5.74) is 5.15. The van der Waals surface area contributed by atoms with Gasteiger partial charge in [-0.05, 0) is 79.5 Å². The number of likely N-dealkylation sites (tertiary alicyclic amines) is 1. The Bertz CT molecular complexity index is 1520. The maximum Gasteiger partial charge on any atom is 0.259 e. The van der Waals surface area contributed by atoms with Crippen LogP contribution in [-0.2, 0) is 16.8 Å². The molecule has 2 amide bonds. The topological polar surface area (TPSA) is 70.5 Å². The molecule has 7 rings (SSSR count). The van der Waals surface area contributed by atoms with Gasteiger partial charge in [0.05, 0.1) is 17.4 Å². The summed E-state index contributed by atoms with van der Waals surface area (Å²) >= 11 is 0. The van der Waals surface area contributed by atoms with Crippen molar-refractivity contribution in [1.82, 2.24) is 20.0 Å². The van der Waals surface area contributed by atoms with Gasteiger partial charge in [0.15, 0.2) is 0 Å². The van der Waals surface area contributed by atoms with E-state index in [1.54, 1.807) is 4.90 Å². The van der Waals surface area contributed by atoms with E-state index in [2.05, 4.69) is 53.7 Å². The number of hydrogen-bond donors (Lipinski definition) is 1. The summed E-state index contributed by atoms with van der Waals surface area (Å²) < 4.78 is 2.20. The Morgan fingerprint density at radius 3 is 2.60 bits per heavy atom. The van der Waals surface area contributed by atoms with Gasteiger partial charge in [-0.1, -0.05) is 38.1 Å². The molecule has 7 nitrogen and oxygen atoms in total. The standard InChI is InChI=1S/C33H39N5O2/c1-22-8-10-28(30(39)35-22)38-27-11-9-24(25-6-4-7-26(29(25)27)31(38)40)18-23-19-34-37(20-23)33(3)14-16-36(17-15-33)21-32(2)12-5-13-32/h4,6-7,9,11,19-20,28H,1,5,8,10,12-18,21H2,2-3H3,(H,35,39). The Morgan fingerprint density at radius 2 is 1.88 bits per heavy atom. The minimum absolute atomic E-state index is 0.0378. The highest BCUT2D eigenvalue weighted by Crippen LogP contribution is 2.43. The number of carbonyl (C=O) groups is 2. The molecular formula is C33H39N5O2. The molecule has 1 aliphatic carbocycles. The molecule has 40 heavy (non-hydrogen) atoms. The van der Waals surface area contributed by atoms with Crippen LogP contribution in [0.15, 0.2) is 55.0 Å². The van der Waals surface area contributed by atoms with Gasteiger partial charge in [-0.15, -0.1) is 0 Å². The van der Waals surface area contributed by atoms with Gasteiger partial charge in [-0.25, -0.2) is 0 Å². The number of nitrogens with one attached hydrogen (secondary N) is 1. The number of benzene rings is 2. The van der Waals surface area contributed by atoms with Crippen LogP contribution in [0.1, 0.15) is 80.3 Å². The highest BCUT2D eigenvalue weighted by molar-refractivity contribution is 6.27. The van der Waals surface area contributed by atoms with Crippen LogP contribution in [0.4, 0.5) is 5.69 Å². The average Bonchev–Trinajstić information content (AvgIpc) is 3.51. The van der Waals surface area contributed by atoms with Gasteiger partial charge in [0, 0.05) is 48.9 Å². The first kappa shape index (κ1) is 25.5. The van der Waals surface area contributed by atoms with Crippen molar-refractivity contribution in [2.75, 3.05) is 24.5 Å². The molecule has 1 atom stereocenters. The van der Waals surface area contributed by atoms with E-state index >= 15 is 0 Å². The van der Waals surface area contributed by atoms with E-state index in [0.29, 0.717) is 29.5 Å². The fourth-order valence-corrected chi connectivity index (χ4v) is 7.41. The molecule has 0 bridgehead atoms. The van der Waals surface area contributed by atoms with E-state index in [-0.39, 0.29) is 17.4 Å². The Kier molecular flexibility index (Phi) is 5.93. The SMILES string of the molecule is C=C1CCC(N2C(=O)c3cccc4c(Cc5cnn(C6(C)CCN(CC7(C)CCC7)CC6)c5)ccc2c34)C(=O)N1. The van der Waals surface area contributed by atoms with Gasteiger partial charge in [-0.2, -0.15) is 5.10 Å². The lowest BCUT2D eigenvalue weighted by molar-refractivity contribution is -0.122. The normalized spacial score (nSPS) is 23.9. The molecule has 1 N–H and O–H groups in total.